The molecular weight excluding hydrogens is 342 g/mol. The lowest BCUT2D eigenvalue weighted by Crippen LogP contribution is -2.38. The van der Waals surface area contributed by atoms with Gasteiger partial charge in [0, 0.05) is 23.5 Å². The number of anilines is 2. The molecule has 0 amide bonds. The Morgan fingerprint density at radius 1 is 0.643 bits per heavy atom. The minimum absolute atomic E-state index is 0.787. The molecule has 3 rings (SSSR count). The van der Waals surface area contributed by atoms with Crippen LogP contribution in [0.25, 0.3) is 5.57 Å². The molecular formula is C25H30N3+. The van der Waals surface area contributed by atoms with E-state index in [4.69, 9.17) is 16.9 Å². The molecule has 0 radical (unpaired) electrons. The zero-order valence-corrected chi connectivity index (χ0v) is 17.7. The number of benzene rings is 2. The predicted octanol–water partition coefficient (Wildman–Crippen LogP) is 3.99. The summed E-state index contributed by atoms with van der Waals surface area (Å²) in [5.41, 5.74) is 26.5. The molecule has 2 aromatic rings. The van der Waals surface area contributed by atoms with Crippen molar-refractivity contribution < 1.29 is 5.41 Å². The first kappa shape index (κ1) is 19.7. The number of hydrogen-bond acceptors (Lipinski definition) is 2. The van der Waals surface area contributed by atoms with Crippen molar-refractivity contribution in [2.75, 3.05) is 11.5 Å². The summed E-state index contributed by atoms with van der Waals surface area (Å²) in [7, 11) is 0. The van der Waals surface area contributed by atoms with E-state index in [0.717, 1.165) is 17.1 Å². The smallest absolute Gasteiger partial charge is 0.197 e. The third-order valence-corrected chi connectivity index (χ3v) is 5.42. The zero-order chi connectivity index (χ0) is 20.7. The Kier molecular flexibility index (Phi) is 5.03. The number of nitrogens with two attached hydrogens (primary N) is 3. The topological polar surface area (TPSA) is 77.6 Å². The average Bonchev–Trinajstić information content (AvgIpc) is 2.51. The van der Waals surface area contributed by atoms with E-state index in [-0.39, 0.29) is 0 Å². The fourth-order valence-electron chi connectivity index (χ4n) is 4.55. The van der Waals surface area contributed by atoms with Gasteiger partial charge in [-0.05, 0) is 121 Å². The lowest BCUT2D eigenvalue weighted by atomic mass is 9.78. The molecule has 144 valence electrons. The quantitative estimate of drug-likeness (QED) is 0.697. The van der Waals surface area contributed by atoms with Crippen molar-refractivity contribution in [1.82, 2.24) is 0 Å². The monoisotopic (exact) mass is 372 g/mol. The van der Waals surface area contributed by atoms with Crippen LogP contribution in [0.2, 0.25) is 0 Å². The van der Waals surface area contributed by atoms with Gasteiger partial charge in [0.1, 0.15) is 0 Å². The van der Waals surface area contributed by atoms with Crippen molar-refractivity contribution >= 4 is 22.7 Å². The van der Waals surface area contributed by atoms with Crippen LogP contribution in [0, 0.1) is 27.7 Å². The number of nitrogen functional groups attached to an aromatic ring is 2. The molecule has 0 bridgehead atoms. The van der Waals surface area contributed by atoms with Crippen molar-refractivity contribution in [2.45, 2.75) is 41.5 Å². The largest absolute Gasteiger partial charge is 0.399 e. The van der Waals surface area contributed by atoms with Crippen LogP contribution in [0.15, 0.2) is 53.1 Å². The standard InChI is InChI=1S/C25H29N3/c1-13-7-19(26)8-14(2)22(13)25(23-15(3)9-20(27)10-16(23)4)24-17(5)11-21(28)12-18(24)6/h7-12,26H,27-28H2,1-6H3/p+1. The second-order valence-corrected chi connectivity index (χ2v) is 7.96. The molecule has 0 saturated carbocycles. The minimum atomic E-state index is 0.787. The van der Waals surface area contributed by atoms with Gasteiger partial charge in [-0.2, -0.15) is 0 Å². The lowest BCUT2D eigenvalue weighted by molar-refractivity contribution is -0.110. The molecule has 0 aliphatic heterocycles. The van der Waals surface area contributed by atoms with Crippen molar-refractivity contribution in [3.63, 3.8) is 0 Å². The summed E-state index contributed by atoms with van der Waals surface area (Å²) in [6.07, 6.45) is 4.10. The molecule has 0 aromatic heterocycles. The van der Waals surface area contributed by atoms with Gasteiger partial charge in [-0.25, -0.2) is 0 Å². The molecule has 1 aliphatic carbocycles. The van der Waals surface area contributed by atoms with Crippen LogP contribution in [0.3, 0.4) is 0 Å². The first-order chi connectivity index (χ1) is 13.1. The average molecular weight is 373 g/mol. The Balaban J connectivity index is 2.52. The summed E-state index contributed by atoms with van der Waals surface area (Å²) < 4.78 is 0. The maximum atomic E-state index is 6.12. The maximum Gasteiger partial charge on any atom is 0.197 e. The van der Waals surface area contributed by atoms with Crippen molar-refractivity contribution in [3.05, 3.63) is 86.5 Å². The lowest BCUT2D eigenvalue weighted by Gasteiger charge is -2.25. The molecule has 2 aromatic carbocycles. The van der Waals surface area contributed by atoms with E-state index in [0.29, 0.717) is 0 Å². The van der Waals surface area contributed by atoms with E-state index < -0.39 is 0 Å². The molecule has 0 saturated heterocycles. The summed E-state index contributed by atoms with van der Waals surface area (Å²) in [6, 6.07) is 8.19. The van der Waals surface area contributed by atoms with Gasteiger partial charge in [0.05, 0.1) is 0 Å². The number of rotatable bonds is 2. The fourth-order valence-corrected chi connectivity index (χ4v) is 4.55. The van der Waals surface area contributed by atoms with Crippen LogP contribution >= 0.6 is 0 Å². The van der Waals surface area contributed by atoms with Crippen LogP contribution < -0.4 is 16.9 Å². The second kappa shape index (κ2) is 7.16. The van der Waals surface area contributed by atoms with Crippen LogP contribution in [-0.2, 0) is 0 Å². The van der Waals surface area contributed by atoms with Crippen molar-refractivity contribution in [1.29, 1.82) is 0 Å². The summed E-state index contributed by atoms with van der Waals surface area (Å²) in [5, 5.41) is 6.12. The molecule has 0 spiro atoms. The molecule has 3 heteroatoms. The molecule has 0 fully saturated rings. The van der Waals surface area contributed by atoms with Gasteiger partial charge in [-0.1, -0.05) is 0 Å². The molecule has 6 N–H and O–H groups in total. The second-order valence-electron chi connectivity index (χ2n) is 7.96. The number of hydrogen-bond donors (Lipinski definition) is 3. The summed E-state index contributed by atoms with van der Waals surface area (Å²) in [6.45, 7) is 12.8. The number of allylic oxidation sites excluding steroid dienone is 5. The van der Waals surface area contributed by atoms with Gasteiger partial charge >= 0.3 is 0 Å². The van der Waals surface area contributed by atoms with Gasteiger partial charge < -0.3 is 11.5 Å². The van der Waals surface area contributed by atoms with E-state index >= 15 is 0 Å². The molecule has 0 unspecified atom stereocenters. The van der Waals surface area contributed by atoms with Crippen molar-refractivity contribution in [2.24, 2.45) is 0 Å². The van der Waals surface area contributed by atoms with Crippen LogP contribution in [0.5, 0.6) is 0 Å². The fraction of sp³-hybridized carbons (Fsp3) is 0.240. The zero-order valence-electron chi connectivity index (χ0n) is 17.7. The van der Waals surface area contributed by atoms with Gasteiger partial charge in [-0.3, -0.25) is 5.41 Å². The Bertz CT molecular complexity index is 965. The Morgan fingerprint density at radius 2 is 0.964 bits per heavy atom. The highest BCUT2D eigenvalue weighted by atomic mass is 14.5. The third kappa shape index (κ3) is 3.40. The molecule has 3 nitrogen and oxygen atoms in total. The highest BCUT2D eigenvalue weighted by molar-refractivity contribution is 6.06. The third-order valence-electron chi connectivity index (χ3n) is 5.42. The highest BCUT2D eigenvalue weighted by Crippen LogP contribution is 2.41. The maximum absolute atomic E-state index is 6.12. The highest BCUT2D eigenvalue weighted by Gasteiger charge is 2.24. The van der Waals surface area contributed by atoms with Crippen LogP contribution in [0.4, 0.5) is 11.4 Å². The Hall–Kier alpha value is -3.07. The summed E-state index contributed by atoms with van der Waals surface area (Å²) in [5.74, 6) is 0. The van der Waals surface area contributed by atoms with E-state index in [2.05, 4.69) is 41.5 Å². The van der Waals surface area contributed by atoms with Gasteiger partial charge in [-0.15, -0.1) is 0 Å². The molecule has 0 atom stereocenters. The predicted molar refractivity (Wildman–Crippen MR) is 121 cm³/mol. The van der Waals surface area contributed by atoms with E-state index in [9.17, 15) is 0 Å². The Morgan fingerprint density at radius 3 is 1.29 bits per heavy atom. The number of aryl methyl sites for hydroxylation is 4. The summed E-state index contributed by atoms with van der Waals surface area (Å²) >= 11 is 0. The van der Waals surface area contributed by atoms with E-state index in [1.165, 1.54) is 55.7 Å². The van der Waals surface area contributed by atoms with Gasteiger partial charge in [0.15, 0.2) is 5.71 Å². The van der Waals surface area contributed by atoms with Crippen LogP contribution in [0.1, 0.15) is 47.2 Å². The van der Waals surface area contributed by atoms with Crippen molar-refractivity contribution in [3.8, 4) is 0 Å². The minimum Gasteiger partial charge on any atom is -0.399 e. The van der Waals surface area contributed by atoms with E-state index in [1.807, 2.05) is 36.4 Å². The summed E-state index contributed by atoms with van der Waals surface area (Å²) in [4.78, 5) is 0. The van der Waals surface area contributed by atoms with Crippen LogP contribution in [-0.4, -0.2) is 5.71 Å². The SMILES string of the molecule is CC1=CC(=[NH2+])C=C(C)C1=C(c1c(C)cc(N)cc1C)c1c(C)cc(N)cc1C. The van der Waals surface area contributed by atoms with Gasteiger partial charge in [0.25, 0.3) is 0 Å². The molecule has 28 heavy (non-hydrogen) atoms. The molecule has 0 heterocycles. The Labute approximate surface area is 168 Å². The van der Waals surface area contributed by atoms with E-state index in [1.54, 1.807) is 0 Å². The van der Waals surface area contributed by atoms with Gasteiger partial charge in [0.2, 0.25) is 0 Å². The molecule has 1 aliphatic rings. The first-order valence-electron chi connectivity index (χ1n) is 9.58. The first-order valence-corrected chi connectivity index (χ1v) is 9.58. The normalized spacial score (nSPS) is 14.1.